The number of piperazine rings is 1. The quantitative estimate of drug-likeness (QED) is 0.702. The Bertz CT molecular complexity index is 638. The van der Waals surface area contributed by atoms with Crippen molar-refractivity contribution < 1.29 is 4.79 Å². The SMILES string of the molecule is CN(CC(=O)N1CCN(CCn2cncn2)CC1)Cc1cccnc1. The highest BCUT2D eigenvalue weighted by atomic mass is 16.2. The van der Waals surface area contributed by atoms with E-state index in [1.807, 2.05) is 39.9 Å². The summed E-state index contributed by atoms with van der Waals surface area (Å²) in [4.78, 5) is 26.9. The summed E-state index contributed by atoms with van der Waals surface area (Å²) in [5.74, 6) is 0.197. The van der Waals surface area contributed by atoms with Crippen LogP contribution in [0.2, 0.25) is 0 Å². The molecule has 0 atom stereocenters. The van der Waals surface area contributed by atoms with Crippen molar-refractivity contribution in [3.63, 3.8) is 0 Å². The number of carbonyl (C=O) groups excluding carboxylic acids is 1. The van der Waals surface area contributed by atoms with E-state index in [0.29, 0.717) is 6.54 Å². The average molecular weight is 343 g/mol. The summed E-state index contributed by atoms with van der Waals surface area (Å²) in [6, 6.07) is 3.95. The summed E-state index contributed by atoms with van der Waals surface area (Å²) >= 11 is 0. The van der Waals surface area contributed by atoms with E-state index in [0.717, 1.165) is 51.4 Å². The van der Waals surface area contributed by atoms with Crippen molar-refractivity contribution >= 4 is 5.91 Å². The van der Waals surface area contributed by atoms with Crippen LogP contribution in [-0.2, 0) is 17.9 Å². The van der Waals surface area contributed by atoms with Crippen molar-refractivity contribution in [1.82, 2.24) is 34.4 Å². The molecule has 1 fully saturated rings. The van der Waals surface area contributed by atoms with Crippen LogP contribution >= 0.6 is 0 Å². The number of likely N-dealkylation sites (N-methyl/N-ethyl adjacent to an activating group) is 1. The fourth-order valence-corrected chi connectivity index (χ4v) is 3.00. The molecule has 3 rings (SSSR count). The highest BCUT2D eigenvalue weighted by molar-refractivity contribution is 5.78. The molecular weight excluding hydrogens is 318 g/mol. The normalized spacial score (nSPS) is 15.7. The Labute approximate surface area is 148 Å². The summed E-state index contributed by atoms with van der Waals surface area (Å²) < 4.78 is 1.84. The molecule has 0 spiro atoms. The molecular formula is C17H25N7O. The van der Waals surface area contributed by atoms with Crippen LogP contribution in [-0.4, -0.2) is 86.7 Å². The summed E-state index contributed by atoms with van der Waals surface area (Å²) in [5.41, 5.74) is 1.12. The number of hydrogen-bond acceptors (Lipinski definition) is 6. The van der Waals surface area contributed by atoms with E-state index in [1.165, 1.54) is 0 Å². The van der Waals surface area contributed by atoms with Crippen LogP contribution in [0.3, 0.4) is 0 Å². The number of hydrogen-bond donors (Lipinski definition) is 0. The highest BCUT2D eigenvalue weighted by Gasteiger charge is 2.21. The van der Waals surface area contributed by atoms with E-state index in [2.05, 4.69) is 20.0 Å². The van der Waals surface area contributed by atoms with E-state index in [9.17, 15) is 4.79 Å². The molecule has 3 heterocycles. The first-order valence-electron chi connectivity index (χ1n) is 8.61. The zero-order valence-electron chi connectivity index (χ0n) is 14.7. The molecule has 0 N–H and O–H groups in total. The van der Waals surface area contributed by atoms with Crippen molar-refractivity contribution in [2.24, 2.45) is 0 Å². The van der Waals surface area contributed by atoms with Crippen LogP contribution in [0.25, 0.3) is 0 Å². The first kappa shape index (κ1) is 17.5. The molecule has 0 saturated carbocycles. The molecule has 0 unspecified atom stereocenters. The Morgan fingerprint density at radius 2 is 2.04 bits per heavy atom. The van der Waals surface area contributed by atoms with Gasteiger partial charge in [-0.1, -0.05) is 6.07 Å². The first-order chi connectivity index (χ1) is 12.2. The first-order valence-corrected chi connectivity index (χ1v) is 8.61. The Kier molecular flexibility index (Phi) is 6.08. The van der Waals surface area contributed by atoms with Gasteiger partial charge in [0.15, 0.2) is 0 Å². The third-order valence-electron chi connectivity index (χ3n) is 4.42. The monoisotopic (exact) mass is 343 g/mol. The van der Waals surface area contributed by atoms with Crippen LogP contribution in [0.4, 0.5) is 0 Å². The maximum Gasteiger partial charge on any atom is 0.236 e. The van der Waals surface area contributed by atoms with Crippen molar-refractivity contribution in [2.75, 3.05) is 46.3 Å². The molecule has 0 aromatic carbocycles. The topological polar surface area (TPSA) is 70.4 Å². The average Bonchev–Trinajstić information content (AvgIpc) is 3.14. The number of nitrogens with zero attached hydrogens (tertiary/aromatic N) is 7. The summed E-state index contributed by atoms with van der Waals surface area (Å²) in [6.45, 7) is 6.34. The zero-order chi connectivity index (χ0) is 17.5. The van der Waals surface area contributed by atoms with Gasteiger partial charge in [0.05, 0.1) is 13.1 Å². The molecule has 1 aliphatic rings. The molecule has 2 aromatic heterocycles. The fourth-order valence-electron chi connectivity index (χ4n) is 3.00. The van der Waals surface area contributed by atoms with Crippen LogP contribution < -0.4 is 0 Å². The molecule has 1 aliphatic heterocycles. The van der Waals surface area contributed by atoms with E-state index in [4.69, 9.17) is 0 Å². The van der Waals surface area contributed by atoms with Gasteiger partial charge < -0.3 is 4.90 Å². The van der Waals surface area contributed by atoms with E-state index in [1.54, 1.807) is 18.9 Å². The number of amides is 1. The van der Waals surface area contributed by atoms with Gasteiger partial charge in [-0.25, -0.2) is 4.98 Å². The third-order valence-corrected chi connectivity index (χ3v) is 4.42. The lowest BCUT2D eigenvalue weighted by molar-refractivity contribution is -0.134. The fraction of sp³-hybridized carbons (Fsp3) is 0.529. The van der Waals surface area contributed by atoms with Gasteiger partial charge in [0, 0.05) is 51.7 Å². The van der Waals surface area contributed by atoms with E-state index in [-0.39, 0.29) is 5.91 Å². The van der Waals surface area contributed by atoms with Gasteiger partial charge in [-0.05, 0) is 18.7 Å². The summed E-state index contributed by atoms with van der Waals surface area (Å²) in [6.07, 6.45) is 6.89. The maximum atomic E-state index is 12.5. The summed E-state index contributed by atoms with van der Waals surface area (Å²) in [5, 5.41) is 4.12. The number of aromatic nitrogens is 4. The Balaban J connectivity index is 1.37. The molecule has 134 valence electrons. The standard InChI is InChI=1S/C17H25N7O/c1-21(12-16-3-2-4-18-11-16)13-17(25)23-8-5-22(6-9-23)7-10-24-15-19-14-20-24/h2-4,11,14-15H,5-10,12-13H2,1H3. The molecule has 1 saturated heterocycles. The maximum absolute atomic E-state index is 12.5. The number of carbonyl (C=O) groups is 1. The molecule has 2 aromatic rings. The van der Waals surface area contributed by atoms with Gasteiger partial charge in [-0.2, -0.15) is 5.10 Å². The van der Waals surface area contributed by atoms with Crippen LogP contribution in [0.15, 0.2) is 37.2 Å². The van der Waals surface area contributed by atoms with E-state index >= 15 is 0 Å². The van der Waals surface area contributed by atoms with Crippen molar-refractivity contribution in [1.29, 1.82) is 0 Å². The van der Waals surface area contributed by atoms with Crippen LogP contribution in [0.5, 0.6) is 0 Å². The predicted octanol–water partition coefficient (Wildman–Crippen LogP) is -0.0507. The second kappa shape index (κ2) is 8.68. The molecule has 0 bridgehead atoms. The lowest BCUT2D eigenvalue weighted by Gasteiger charge is -2.35. The Hall–Kier alpha value is -2.32. The largest absolute Gasteiger partial charge is 0.339 e. The van der Waals surface area contributed by atoms with Gasteiger partial charge in [0.25, 0.3) is 0 Å². The van der Waals surface area contributed by atoms with Crippen molar-refractivity contribution in [2.45, 2.75) is 13.1 Å². The van der Waals surface area contributed by atoms with Gasteiger partial charge in [-0.15, -0.1) is 0 Å². The molecule has 25 heavy (non-hydrogen) atoms. The molecule has 0 radical (unpaired) electrons. The lowest BCUT2D eigenvalue weighted by atomic mass is 10.2. The molecule has 8 nitrogen and oxygen atoms in total. The van der Waals surface area contributed by atoms with Gasteiger partial charge in [-0.3, -0.25) is 24.3 Å². The second-order valence-corrected chi connectivity index (χ2v) is 6.41. The highest BCUT2D eigenvalue weighted by Crippen LogP contribution is 2.05. The van der Waals surface area contributed by atoms with Gasteiger partial charge in [0.2, 0.25) is 5.91 Å². The number of rotatable bonds is 7. The Morgan fingerprint density at radius 1 is 1.20 bits per heavy atom. The van der Waals surface area contributed by atoms with Crippen LogP contribution in [0, 0.1) is 0 Å². The third kappa shape index (κ3) is 5.33. The lowest BCUT2D eigenvalue weighted by Crippen LogP contribution is -2.51. The minimum atomic E-state index is 0.197. The molecule has 0 aliphatic carbocycles. The minimum absolute atomic E-state index is 0.197. The van der Waals surface area contributed by atoms with Crippen LogP contribution in [0.1, 0.15) is 5.56 Å². The van der Waals surface area contributed by atoms with Crippen molar-refractivity contribution in [3.8, 4) is 0 Å². The van der Waals surface area contributed by atoms with Gasteiger partial charge in [0.1, 0.15) is 12.7 Å². The number of pyridine rings is 1. The van der Waals surface area contributed by atoms with E-state index < -0.39 is 0 Å². The Morgan fingerprint density at radius 3 is 2.72 bits per heavy atom. The predicted molar refractivity (Wildman–Crippen MR) is 93.6 cm³/mol. The van der Waals surface area contributed by atoms with Crippen molar-refractivity contribution in [3.05, 3.63) is 42.7 Å². The second-order valence-electron chi connectivity index (χ2n) is 6.41. The smallest absolute Gasteiger partial charge is 0.236 e. The zero-order valence-corrected chi connectivity index (χ0v) is 14.7. The minimum Gasteiger partial charge on any atom is -0.339 e. The molecule has 8 heteroatoms. The summed E-state index contributed by atoms with van der Waals surface area (Å²) in [7, 11) is 1.97. The van der Waals surface area contributed by atoms with Gasteiger partial charge >= 0.3 is 0 Å². The molecule has 1 amide bonds.